The summed E-state index contributed by atoms with van der Waals surface area (Å²) in [7, 11) is 0. The second-order valence-electron chi connectivity index (χ2n) is 8.39. The fourth-order valence-electron chi connectivity index (χ4n) is 4.25. The quantitative estimate of drug-likeness (QED) is 0.282. The maximum Gasteiger partial charge on any atom is 0.350 e. The number of esters is 1. The highest BCUT2D eigenvalue weighted by Gasteiger charge is 2.45. The summed E-state index contributed by atoms with van der Waals surface area (Å²) in [5.74, 6) is -1.04. The van der Waals surface area contributed by atoms with Gasteiger partial charge < -0.3 is 9.15 Å². The second kappa shape index (κ2) is 8.63. The van der Waals surface area contributed by atoms with Crippen molar-refractivity contribution in [3.8, 4) is 0 Å². The fraction of sp³-hybridized carbons (Fsp3) is 0.185. The summed E-state index contributed by atoms with van der Waals surface area (Å²) in [5.41, 5.74) is 3.46. The molecule has 3 heterocycles. The average molecular weight is 487 g/mol. The summed E-state index contributed by atoms with van der Waals surface area (Å²) >= 11 is 1.04. The van der Waals surface area contributed by atoms with Gasteiger partial charge >= 0.3 is 5.97 Å². The van der Waals surface area contributed by atoms with Crippen molar-refractivity contribution in [3.63, 3.8) is 0 Å². The topological polar surface area (TPSA) is 89.7 Å². The van der Waals surface area contributed by atoms with Crippen LogP contribution in [0.15, 0.2) is 64.3 Å². The Kier molecular flexibility index (Phi) is 5.61. The van der Waals surface area contributed by atoms with Crippen molar-refractivity contribution in [1.29, 1.82) is 0 Å². The molecule has 5 rings (SSSR count). The smallest absolute Gasteiger partial charge is 0.350 e. The number of anilines is 1. The first kappa shape index (κ1) is 22.7. The fourth-order valence-corrected chi connectivity index (χ4v) is 5.24. The zero-order valence-electron chi connectivity index (χ0n) is 19.5. The van der Waals surface area contributed by atoms with Crippen LogP contribution in [-0.2, 0) is 4.74 Å². The highest BCUT2D eigenvalue weighted by atomic mass is 32.1. The first-order valence-electron chi connectivity index (χ1n) is 11.0. The van der Waals surface area contributed by atoms with Gasteiger partial charge in [0, 0.05) is 0 Å². The molecule has 1 unspecified atom stereocenters. The average Bonchev–Trinajstić information content (AvgIpc) is 3.37. The van der Waals surface area contributed by atoms with Crippen molar-refractivity contribution in [1.82, 2.24) is 4.98 Å². The van der Waals surface area contributed by atoms with E-state index in [1.54, 1.807) is 19.1 Å². The van der Waals surface area contributed by atoms with Gasteiger partial charge in [-0.1, -0.05) is 54.3 Å². The molecular weight excluding hydrogens is 464 g/mol. The first-order valence-corrected chi connectivity index (χ1v) is 11.9. The maximum atomic E-state index is 13.7. The Morgan fingerprint density at radius 1 is 1.17 bits per heavy atom. The van der Waals surface area contributed by atoms with E-state index in [1.165, 1.54) is 11.0 Å². The summed E-state index contributed by atoms with van der Waals surface area (Å²) in [5, 5.41) is 0.709. The number of hydrogen-bond acceptors (Lipinski definition) is 7. The van der Waals surface area contributed by atoms with Crippen molar-refractivity contribution in [3.05, 3.63) is 104 Å². The number of carbonyl (C=O) groups is 2. The molecule has 8 heteroatoms. The number of ether oxygens (including phenoxy) is 1. The number of benzene rings is 2. The third-order valence-corrected chi connectivity index (χ3v) is 7.25. The Morgan fingerprint density at radius 3 is 2.60 bits per heavy atom. The molecule has 4 aromatic rings. The van der Waals surface area contributed by atoms with Gasteiger partial charge in [-0.15, -0.1) is 0 Å². The number of rotatable bonds is 5. The molecule has 1 aliphatic rings. The van der Waals surface area contributed by atoms with Crippen LogP contribution in [0.25, 0.3) is 11.0 Å². The molecule has 0 aliphatic carbocycles. The monoisotopic (exact) mass is 486 g/mol. The molecule has 2 aromatic carbocycles. The molecule has 0 spiro atoms. The highest BCUT2D eigenvalue weighted by molar-refractivity contribution is 7.17. The number of carbonyl (C=O) groups excluding carboxylic acids is 2. The van der Waals surface area contributed by atoms with Crippen LogP contribution in [0.5, 0.6) is 0 Å². The predicted octanol–water partition coefficient (Wildman–Crippen LogP) is 5.27. The summed E-state index contributed by atoms with van der Waals surface area (Å²) < 4.78 is 11.2. The van der Waals surface area contributed by atoms with Crippen molar-refractivity contribution in [2.45, 2.75) is 26.8 Å². The third-order valence-electron chi connectivity index (χ3n) is 6.11. The molecule has 1 amide bonds. The van der Waals surface area contributed by atoms with E-state index in [0.29, 0.717) is 16.7 Å². The molecule has 0 radical (unpaired) electrons. The first-order chi connectivity index (χ1) is 16.8. The lowest BCUT2D eigenvalue weighted by Gasteiger charge is -2.22. The highest BCUT2D eigenvalue weighted by Crippen LogP contribution is 2.43. The van der Waals surface area contributed by atoms with Crippen LogP contribution in [0.4, 0.5) is 5.13 Å². The molecule has 0 fully saturated rings. The Labute approximate surface area is 205 Å². The summed E-state index contributed by atoms with van der Waals surface area (Å²) in [6.07, 6.45) is 1.48. The van der Waals surface area contributed by atoms with E-state index in [2.05, 4.69) is 11.6 Å². The molecular formula is C27H22N2O5S. The van der Waals surface area contributed by atoms with Gasteiger partial charge in [0.15, 0.2) is 10.6 Å². The lowest BCUT2D eigenvalue weighted by atomic mass is 9.98. The zero-order valence-corrected chi connectivity index (χ0v) is 20.3. The molecule has 0 N–H and O–H groups in total. The van der Waals surface area contributed by atoms with Crippen LogP contribution in [-0.4, -0.2) is 23.5 Å². The number of aromatic nitrogens is 1. The van der Waals surface area contributed by atoms with Gasteiger partial charge in [0.05, 0.1) is 22.7 Å². The van der Waals surface area contributed by atoms with Gasteiger partial charge in [0.25, 0.3) is 5.91 Å². The molecule has 0 bridgehead atoms. The molecule has 1 aliphatic heterocycles. The van der Waals surface area contributed by atoms with E-state index >= 15 is 0 Å². The van der Waals surface area contributed by atoms with Crippen LogP contribution in [0.2, 0.25) is 0 Å². The summed E-state index contributed by atoms with van der Waals surface area (Å²) in [6, 6.07) is 12.1. The van der Waals surface area contributed by atoms with E-state index < -0.39 is 17.9 Å². The van der Waals surface area contributed by atoms with Gasteiger partial charge in [-0.25, -0.2) is 9.78 Å². The van der Waals surface area contributed by atoms with E-state index in [-0.39, 0.29) is 33.4 Å². The van der Waals surface area contributed by atoms with Gasteiger partial charge in [-0.3, -0.25) is 14.5 Å². The maximum absolute atomic E-state index is 13.7. The van der Waals surface area contributed by atoms with Gasteiger partial charge in [-0.2, -0.15) is 0 Å². The predicted molar refractivity (Wildman–Crippen MR) is 134 cm³/mol. The number of aryl methyl sites for hydroxylation is 3. The Balaban J connectivity index is 1.72. The van der Waals surface area contributed by atoms with E-state index in [9.17, 15) is 14.4 Å². The van der Waals surface area contributed by atoms with Crippen molar-refractivity contribution >= 4 is 39.3 Å². The Morgan fingerprint density at radius 2 is 1.89 bits per heavy atom. The SMILES string of the molecule is C=CCOC(=O)c1sc(N2C(=O)c3oc4cc(C)c(C)cc4c(=O)c3C2c2ccccc2)nc1C. The lowest BCUT2D eigenvalue weighted by molar-refractivity contribution is 0.0554. The normalized spacial score (nSPS) is 14.9. The zero-order chi connectivity index (χ0) is 24.9. The van der Waals surface area contributed by atoms with Crippen LogP contribution in [0.1, 0.15) is 54.2 Å². The third kappa shape index (κ3) is 3.66. The number of thiazole rings is 1. The van der Waals surface area contributed by atoms with Crippen molar-refractivity contribution in [2.24, 2.45) is 0 Å². The Hall–Kier alpha value is -4.04. The number of fused-ring (bicyclic) bond motifs is 2. The largest absolute Gasteiger partial charge is 0.457 e. The van der Waals surface area contributed by atoms with Crippen LogP contribution in [0.3, 0.4) is 0 Å². The summed E-state index contributed by atoms with van der Waals surface area (Å²) in [6.45, 7) is 9.15. The van der Waals surface area contributed by atoms with Gasteiger partial charge in [0.1, 0.15) is 17.1 Å². The Bertz CT molecular complexity index is 1570. The minimum atomic E-state index is -0.747. The summed E-state index contributed by atoms with van der Waals surface area (Å²) in [4.78, 5) is 46.2. The van der Waals surface area contributed by atoms with Crippen LogP contribution >= 0.6 is 11.3 Å². The van der Waals surface area contributed by atoms with Gasteiger partial charge in [0.2, 0.25) is 5.76 Å². The molecule has 0 saturated heterocycles. The number of nitrogens with zero attached hydrogens (tertiary/aromatic N) is 2. The molecule has 176 valence electrons. The van der Waals surface area contributed by atoms with E-state index in [4.69, 9.17) is 9.15 Å². The molecule has 0 saturated carbocycles. The standard InChI is InChI=1S/C27H22N2O5S/c1-5-11-33-26(32)24-16(4)28-27(35-24)29-21(17-9-7-6-8-10-17)20-22(30)18-12-14(2)15(3)13-19(18)34-23(20)25(29)31/h5-10,12-13,21H,1,11H2,2-4H3. The van der Waals surface area contributed by atoms with Crippen LogP contribution in [0, 0.1) is 20.8 Å². The number of amides is 1. The van der Waals surface area contributed by atoms with E-state index in [1.807, 2.05) is 44.2 Å². The van der Waals surface area contributed by atoms with Crippen LogP contribution < -0.4 is 10.3 Å². The van der Waals surface area contributed by atoms with Gasteiger partial charge in [-0.05, 0) is 49.6 Å². The van der Waals surface area contributed by atoms with Crippen molar-refractivity contribution in [2.75, 3.05) is 11.5 Å². The molecule has 35 heavy (non-hydrogen) atoms. The van der Waals surface area contributed by atoms with E-state index in [0.717, 1.165) is 28.0 Å². The molecule has 2 aromatic heterocycles. The lowest BCUT2D eigenvalue weighted by Crippen LogP contribution is -2.29. The second-order valence-corrected chi connectivity index (χ2v) is 9.37. The molecule has 1 atom stereocenters. The van der Waals surface area contributed by atoms with Crippen molar-refractivity contribution < 1.29 is 18.7 Å². The minimum Gasteiger partial charge on any atom is -0.457 e. The molecule has 7 nitrogen and oxygen atoms in total. The minimum absolute atomic E-state index is 0.0109. The number of hydrogen-bond donors (Lipinski definition) is 0.